The Kier molecular flexibility index (Phi) is 9.42. The van der Waals surface area contributed by atoms with Crippen molar-refractivity contribution in [1.29, 1.82) is 0 Å². The number of aryl methyl sites for hydroxylation is 1. The zero-order chi connectivity index (χ0) is 33.0. The van der Waals surface area contributed by atoms with Gasteiger partial charge in [0.2, 0.25) is 0 Å². The normalized spacial score (nSPS) is 13.8. The minimum atomic E-state index is -0.371. The lowest BCUT2D eigenvalue weighted by atomic mass is 9.92. The zero-order valence-corrected chi connectivity index (χ0v) is 27.7. The van der Waals surface area contributed by atoms with Gasteiger partial charge in [-0.05, 0) is 53.8 Å². The number of urea groups is 1. The summed E-state index contributed by atoms with van der Waals surface area (Å²) in [4.78, 5) is 20.2. The standard InChI is InChI=1S/C37H42N6O4/c1-25-10-12-27(24-38-25)43-35(23-34(41-43)37(2,3)4)40-36(44)39-31-14-13-28(29-8-6-7-9-30(29)31)26-11-15-32(33(22-26)45-5)47-21-18-42-16-19-46-20-17-42/h6-15,22-24H,16-21H2,1-5H3,(H2,39,40,44). The molecule has 10 heteroatoms. The van der Waals surface area contributed by atoms with Crippen LogP contribution in [0, 0.1) is 6.92 Å². The minimum absolute atomic E-state index is 0.210. The topological polar surface area (TPSA) is 103 Å². The number of pyridine rings is 1. The van der Waals surface area contributed by atoms with Crippen molar-refractivity contribution in [1.82, 2.24) is 19.7 Å². The molecule has 0 aliphatic carbocycles. The number of carbonyl (C=O) groups excluding carboxylic acids is 1. The Morgan fingerprint density at radius 1 is 0.936 bits per heavy atom. The summed E-state index contributed by atoms with van der Waals surface area (Å²) in [6.07, 6.45) is 1.75. The molecule has 0 saturated carbocycles. The Labute approximate surface area is 275 Å². The predicted molar refractivity (Wildman–Crippen MR) is 186 cm³/mol. The molecule has 3 heterocycles. The van der Waals surface area contributed by atoms with Crippen LogP contribution >= 0.6 is 0 Å². The van der Waals surface area contributed by atoms with E-state index in [0.29, 0.717) is 29.6 Å². The van der Waals surface area contributed by atoms with Gasteiger partial charge in [0.05, 0.1) is 43.6 Å². The molecule has 1 fully saturated rings. The predicted octanol–water partition coefficient (Wildman–Crippen LogP) is 7.06. The molecule has 1 aliphatic heterocycles. The lowest BCUT2D eigenvalue weighted by Gasteiger charge is -2.26. The van der Waals surface area contributed by atoms with Crippen molar-refractivity contribution in [2.45, 2.75) is 33.1 Å². The van der Waals surface area contributed by atoms with E-state index in [2.05, 4.69) is 47.4 Å². The molecule has 0 atom stereocenters. The summed E-state index contributed by atoms with van der Waals surface area (Å²) in [5, 5.41) is 12.8. The van der Waals surface area contributed by atoms with Crippen LogP contribution in [0.3, 0.4) is 0 Å². The smallest absolute Gasteiger partial charge is 0.324 e. The molecule has 1 saturated heterocycles. The second-order valence-electron chi connectivity index (χ2n) is 12.7. The molecule has 5 aromatic rings. The molecule has 2 amide bonds. The van der Waals surface area contributed by atoms with Gasteiger partial charge in [-0.3, -0.25) is 15.2 Å². The fourth-order valence-corrected chi connectivity index (χ4v) is 5.61. The van der Waals surface area contributed by atoms with Crippen molar-refractivity contribution < 1.29 is 19.0 Å². The fraction of sp³-hybridized carbons (Fsp3) is 0.324. The van der Waals surface area contributed by atoms with Crippen LogP contribution in [0.5, 0.6) is 11.5 Å². The van der Waals surface area contributed by atoms with Gasteiger partial charge < -0.3 is 19.5 Å². The van der Waals surface area contributed by atoms with E-state index in [0.717, 1.165) is 71.8 Å². The van der Waals surface area contributed by atoms with Crippen LogP contribution < -0.4 is 20.1 Å². The van der Waals surface area contributed by atoms with Gasteiger partial charge in [0.25, 0.3) is 0 Å². The summed E-state index contributed by atoms with van der Waals surface area (Å²) in [5.74, 6) is 1.93. The van der Waals surface area contributed by atoms with E-state index in [-0.39, 0.29) is 11.4 Å². The number of nitrogens with one attached hydrogen (secondary N) is 2. The first-order valence-electron chi connectivity index (χ1n) is 15.9. The van der Waals surface area contributed by atoms with Gasteiger partial charge in [-0.1, -0.05) is 57.2 Å². The summed E-state index contributed by atoms with van der Waals surface area (Å²) in [7, 11) is 1.66. The van der Waals surface area contributed by atoms with Gasteiger partial charge in [-0.2, -0.15) is 5.10 Å². The zero-order valence-electron chi connectivity index (χ0n) is 27.7. The summed E-state index contributed by atoms with van der Waals surface area (Å²) in [6.45, 7) is 13.0. The lowest BCUT2D eigenvalue weighted by molar-refractivity contribution is 0.0321. The number of amides is 2. The molecule has 2 N–H and O–H groups in total. The van der Waals surface area contributed by atoms with Crippen LogP contribution in [-0.2, 0) is 10.2 Å². The number of aromatic nitrogens is 3. The Hall–Kier alpha value is -4.93. The third-order valence-corrected chi connectivity index (χ3v) is 8.28. The van der Waals surface area contributed by atoms with E-state index in [9.17, 15) is 4.79 Å². The fourth-order valence-electron chi connectivity index (χ4n) is 5.61. The molecule has 47 heavy (non-hydrogen) atoms. The van der Waals surface area contributed by atoms with Gasteiger partial charge in [-0.25, -0.2) is 9.48 Å². The number of ether oxygens (including phenoxy) is 3. The molecular weight excluding hydrogens is 592 g/mol. The van der Waals surface area contributed by atoms with Crippen molar-refractivity contribution in [3.63, 3.8) is 0 Å². The maximum Gasteiger partial charge on any atom is 0.324 e. The average molecular weight is 635 g/mol. The number of rotatable bonds is 9. The highest BCUT2D eigenvalue weighted by molar-refractivity contribution is 6.09. The van der Waals surface area contributed by atoms with E-state index < -0.39 is 0 Å². The number of carbonyl (C=O) groups is 1. The number of hydrogen-bond donors (Lipinski definition) is 2. The monoisotopic (exact) mass is 634 g/mol. The quantitative estimate of drug-likeness (QED) is 0.179. The molecule has 1 aliphatic rings. The van der Waals surface area contributed by atoms with Crippen molar-refractivity contribution in [3.8, 4) is 28.3 Å². The number of methoxy groups -OCH3 is 1. The molecule has 2 aromatic heterocycles. The highest BCUT2D eigenvalue weighted by atomic mass is 16.5. The first kappa shape index (κ1) is 32.0. The summed E-state index contributed by atoms with van der Waals surface area (Å²) in [5.41, 5.74) is 5.01. The molecule has 0 bridgehead atoms. The van der Waals surface area contributed by atoms with Gasteiger partial charge in [0.15, 0.2) is 11.5 Å². The Bertz CT molecular complexity index is 1860. The van der Waals surface area contributed by atoms with E-state index in [1.807, 2.05) is 73.7 Å². The second-order valence-corrected chi connectivity index (χ2v) is 12.7. The van der Waals surface area contributed by atoms with Gasteiger partial charge in [0, 0.05) is 42.2 Å². The van der Waals surface area contributed by atoms with Gasteiger partial charge >= 0.3 is 6.03 Å². The highest BCUT2D eigenvalue weighted by Gasteiger charge is 2.22. The summed E-state index contributed by atoms with van der Waals surface area (Å²) >= 11 is 0. The number of morpholine rings is 1. The molecule has 0 unspecified atom stereocenters. The van der Waals surface area contributed by atoms with Crippen molar-refractivity contribution >= 4 is 28.3 Å². The minimum Gasteiger partial charge on any atom is -0.493 e. The van der Waals surface area contributed by atoms with Gasteiger partial charge in [0.1, 0.15) is 12.4 Å². The van der Waals surface area contributed by atoms with Crippen LogP contribution in [0.1, 0.15) is 32.2 Å². The highest BCUT2D eigenvalue weighted by Crippen LogP contribution is 2.38. The van der Waals surface area contributed by atoms with Crippen LogP contribution in [0.15, 0.2) is 79.0 Å². The molecule has 0 spiro atoms. The molecule has 244 valence electrons. The summed E-state index contributed by atoms with van der Waals surface area (Å²) < 4.78 is 19.0. The number of anilines is 2. The van der Waals surface area contributed by atoms with Gasteiger partial charge in [-0.15, -0.1) is 0 Å². The number of nitrogens with zero attached hydrogens (tertiary/aromatic N) is 4. The number of benzene rings is 3. The number of fused-ring (bicyclic) bond motifs is 1. The Morgan fingerprint density at radius 3 is 2.45 bits per heavy atom. The van der Waals surface area contributed by atoms with Crippen molar-refractivity contribution in [2.24, 2.45) is 0 Å². The summed E-state index contributed by atoms with van der Waals surface area (Å²) in [6, 6.07) is 23.4. The lowest BCUT2D eigenvalue weighted by Crippen LogP contribution is -2.38. The molecule has 6 rings (SSSR count). The Balaban J connectivity index is 1.22. The molecular formula is C37H42N6O4. The van der Waals surface area contributed by atoms with Crippen molar-refractivity contribution in [3.05, 3.63) is 90.4 Å². The van der Waals surface area contributed by atoms with E-state index in [1.54, 1.807) is 18.0 Å². The van der Waals surface area contributed by atoms with E-state index >= 15 is 0 Å². The first-order chi connectivity index (χ1) is 22.7. The molecule has 0 radical (unpaired) electrons. The van der Waals surface area contributed by atoms with Crippen LogP contribution in [-0.4, -0.2) is 72.3 Å². The molecule has 3 aromatic carbocycles. The SMILES string of the molecule is COc1cc(-c2ccc(NC(=O)Nc3cc(C(C)(C)C)nn3-c3ccc(C)nc3)c3ccccc23)ccc1OCCN1CCOCC1. The van der Waals surface area contributed by atoms with Crippen LogP contribution in [0.4, 0.5) is 16.3 Å². The second kappa shape index (κ2) is 13.8. The largest absolute Gasteiger partial charge is 0.493 e. The van der Waals surface area contributed by atoms with Crippen molar-refractivity contribution in [2.75, 3.05) is 57.2 Å². The van der Waals surface area contributed by atoms with E-state index in [4.69, 9.17) is 19.3 Å². The third kappa shape index (κ3) is 7.40. The van der Waals surface area contributed by atoms with Crippen LogP contribution in [0.2, 0.25) is 0 Å². The average Bonchev–Trinajstić information content (AvgIpc) is 3.50. The van der Waals surface area contributed by atoms with Crippen LogP contribution in [0.25, 0.3) is 27.6 Å². The third-order valence-electron chi connectivity index (χ3n) is 8.28. The Morgan fingerprint density at radius 2 is 1.72 bits per heavy atom. The maximum absolute atomic E-state index is 13.5. The first-order valence-corrected chi connectivity index (χ1v) is 15.9. The maximum atomic E-state index is 13.5. The number of hydrogen-bond acceptors (Lipinski definition) is 7. The molecule has 10 nitrogen and oxygen atoms in total. The van der Waals surface area contributed by atoms with E-state index in [1.165, 1.54) is 0 Å².